The Hall–Kier alpha value is -4.89. The standard InChI is InChI=1S/C35H32N4O4S/c36-35-38-30-7-2-6-29(33(30)44-35)34(41)39-18-16-23-20-27-13-14-28(23)32(39)24-4-1-5-26(21-24)42-19-3-17-37-31(40)15-10-22-8-11-25(43-27)12-9-22/h1-2,4-9,11-14,20-21,32H,3,10,15-19H2,(H2,36,38)(H,37,40). The zero-order valence-corrected chi connectivity index (χ0v) is 24.9. The number of fused-ring (bicyclic) bond motifs is 1. The normalized spacial score (nSPS) is 17.0. The molecule has 5 aromatic rings. The highest BCUT2D eigenvalue weighted by molar-refractivity contribution is 7.22. The Bertz CT molecular complexity index is 1850. The van der Waals surface area contributed by atoms with Crippen molar-refractivity contribution in [2.24, 2.45) is 0 Å². The summed E-state index contributed by atoms with van der Waals surface area (Å²) in [4.78, 5) is 33.0. The summed E-state index contributed by atoms with van der Waals surface area (Å²) >= 11 is 1.33. The topological polar surface area (TPSA) is 107 Å². The van der Waals surface area contributed by atoms with Crippen LogP contribution in [0.1, 0.15) is 51.5 Å². The zero-order valence-electron chi connectivity index (χ0n) is 24.1. The lowest BCUT2D eigenvalue weighted by atomic mass is 9.87. The van der Waals surface area contributed by atoms with Crippen LogP contribution in [-0.2, 0) is 17.6 Å². The molecule has 1 unspecified atom stereocenters. The fourth-order valence-corrected chi connectivity index (χ4v) is 6.84. The molecule has 0 aliphatic carbocycles. The third-order valence-electron chi connectivity index (χ3n) is 8.15. The van der Waals surface area contributed by atoms with E-state index in [9.17, 15) is 9.59 Å². The maximum atomic E-state index is 14.3. The predicted octanol–water partition coefficient (Wildman–Crippen LogP) is 6.29. The van der Waals surface area contributed by atoms with E-state index >= 15 is 0 Å². The summed E-state index contributed by atoms with van der Waals surface area (Å²) in [6.45, 7) is 1.54. The van der Waals surface area contributed by atoms with E-state index in [1.165, 1.54) is 11.3 Å². The average Bonchev–Trinajstić information content (AvgIpc) is 3.43. The van der Waals surface area contributed by atoms with Crippen molar-refractivity contribution in [3.05, 3.63) is 113 Å². The van der Waals surface area contributed by atoms with Crippen molar-refractivity contribution in [3.63, 3.8) is 0 Å². The first-order valence-corrected chi connectivity index (χ1v) is 15.7. The fraction of sp³-hybridized carbons (Fsp3) is 0.229. The molecule has 44 heavy (non-hydrogen) atoms. The molecule has 0 spiro atoms. The number of nitrogen functional groups attached to an aromatic ring is 1. The minimum atomic E-state index is -0.336. The number of anilines is 1. The Balaban J connectivity index is 1.28. The van der Waals surface area contributed by atoms with Crippen molar-refractivity contribution in [3.8, 4) is 17.2 Å². The molecule has 1 atom stereocenters. The second-order valence-electron chi connectivity index (χ2n) is 11.1. The molecule has 8 bridgehead atoms. The maximum Gasteiger partial charge on any atom is 0.256 e. The second kappa shape index (κ2) is 12.0. The number of nitrogens with two attached hydrogens (primary N) is 1. The van der Waals surface area contributed by atoms with Crippen LogP contribution in [0.2, 0.25) is 0 Å². The first-order valence-electron chi connectivity index (χ1n) is 14.9. The molecular weight excluding hydrogens is 572 g/mol. The van der Waals surface area contributed by atoms with Crippen LogP contribution in [0.25, 0.3) is 10.2 Å². The Labute approximate surface area is 259 Å². The van der Waals surface area contributed by atoms with E-state index in [0.717, 1.165) is 49.7 Å². The van der Waals surface area contributed by atoms with Gasteiger partial charge in [-0.25, -0.2) is 4.98 Å². The number of carbonyl (C=O) groups is 2. The van der Waals surface area contributed by atoms with Gasteiger partial charge in [0, 0.05) is 19.5 Å². The number of carbonyl (C=O) groups excluding carboxylic acids is 2. The first-order chi connectivity index (χ1) is 21.5. The van der Waals surface area contributed by atoms with Crippen LogP contribution in [0.15, 0.2) is 84.9 Å². The number of aromatic nitrogens is 1. The van der Waals surface area contributed by atoms with E-state index in [4.69, 9.17) is 15.2 Å². The van der Waals surface area contributed by atoms with Crippen LogP contribution < -0.4 is 20.5 Å². The molecule has 5 aliphatic heterocycles. The molecule has 4 aromatic carbocycles. The molecule has 5 aliphatic rings. The third kappa shape index (κ3) is 5.70. The summed E-state index contributed by atoms with van der Waals surface area (Å²) in [6.07, 6.45) is 2.46. The molecule has 0 fully saturated rings. The van der Waals surface area contributed by atoms with E-state index in [0.29, 0.717) is 56.1 Å². The van der Waals surface area contributed by atoms with Crippen molar-refractivity contribution in [2.45, 2.75) is 31.7 Å². The van der Waals surface area contributed by atoms with E-state index in [-0.39, 0.29) is 17.9 Å². The fourth-order valence-electron chi connectivity index (χ4n) is 6.01. The van der Waals surface area contributed by atoms with Crippen LogP contribution in [0, 0.1) is 0 Å². The van der Waals surface area contributed by atoms with Gasteiger partial charge >= 0.3 is 0 Å². The van der Waals surface area contributed by atoms with Crippen molar-refractivity contribution in [2.75, 3.05) is 25.4 Å². The molecule has 9 heteroatoms. The molecule has 0 saturated heterocycles. The van der Waals surface area contributed by atoms with Gasteiger partial charge in [-0.2, -0.15) is 0 Å². The summed E-state index contributed by atoms with van der Waals surface area (Å²) in [5.41, 5.74) is 11.6. The highest BCUT2D eigenvalue weighted by Gasteiger charge is 2.34. The van der Waals surface area contributed by atoms with Gasteiger partial charge in [0.25, 0.3) is 5.91 Å². The van der Waals surface area contributed by atoms with Gasteiger partial charge in [-0.3, -0.25) is 9.59 Å². The van der Waals surface area contributed by atoms with Gasteiger partial charge in [0.1, 0.15) is 17.2 Å². The minimum absolute atomic E-state index is 0.0216. The molecule has 2 amide bonds. The Morgan fingerprint density at radius 1 is 0.932 bits per heavy atom. The van der Waals surface area contributed by atoms with Gasteiger partial charge in [0.05, 0.1) is 28.4 Å². The van der Waals surface area contributed by atoms with Crippen LogP contribution in [0.4, 0.5) is 5.13 Å². The predicted molar refractivity (Wildman–Crippen MR) is 171 cm³/mol. The maximum absolute atomic E-state index is 14.3. The van der Waals surface area contributed by atoms with Crippen LogP contribution >= 0.6 is 11.3 Å². The smallest absolute Gasteiger partial charge is 0.256 e. The van der Waals surface area contributed by atoms with Gasteiger partial charge in [0.2, 0.25) is 5.91 Å². The molecule has 0 saturated carbocycles. The lowest BCUT2D eigenvalue weighted by Gasteiger charge is -2.38. The zero-order chi connectivity index (χ0) is 30.0. The Morgan fingerprint density at radius 3 is 2.66 bits per heavy atom. The highest BCUT2D eigenvalue weighted by Crippen LogP contribution is 2.40. The third-order valence-corrected chi connectivity index (χ3v) is 9.08. The molecule has 1 aromatic heterocycles. The lowest BCUT2D eigenvalue weighted by Crippen LogP contribution is -2.40. The van der Waals surface area contributed by atoms with E-state index in [1.807, 2.05) is 77.7 Å². The van der Waals surface area contributed by atoms with Crippen LogP contribution in [0.3, 0.4) is 0 Å². The number of hydrogen-bond donors (Lipinski definition) is 2. The molecule has 10 rings (SSSR count). The quantitative estimate of drug-likeness (QED) is 0.233. The molecule has 222 valence electrons. The van der Waals surface area contributed by atoms with E-state index in [1.54, 1.807) is 0 Å². The van der Waals surface area contributed by atoms with Crippen molar-refractivity contribution in [1.29, 1.82) is 0 Å². The lowest BCUT2D eigenvalue weighted by molar-refractivity contribution is -0.121. The van der Waals surface area contributed by atoms with Gasteiger partial charge in [-0.1, -0.05) is 47.7 Å². The Morgan fingerprint density at radius 2 is 1.77 bits per heavy atom. The first kappa shape index (κ1) is 27.9. The van der Waals surface area contributed by atoms with Crippen LogP contribution in [0.5, 0.6) is 17.2 Å². The van der Waals surface area contributed by atoms with E-state index in [2.05, 4.69) is 22.4 Å². The molecule has 8 nitrogen and oxygen atoms in total. The van der Waals surface area contributed by atoms with Gasteiger partial charge < -0.3 is 25.4 Å². The summed E-state index contributed by atoms with van der Waals surface area (Å²) in [5, 5.41) is 3.43. The van der Waals surface area contributed by atoms with Crippen LogP contribution in [-0.4, -0.2) is 41.4 Å². The molecule has 3 N–H and O–H groups in total. The second-order valence-corrected chi connectivity index (χ2v) is 12.1. The SMILES string of the molecule is Nc1nc2cccc(C(=O)N3CCc4cc5ccc4C3c3cccc(c3)OCCCNC(=O)CCc3ccc(cc3)O5)c2s1. The van der Waals surface area contributed by atoms with Crippen molar-refractivity contribution in [1.82, 2.24) is 15.2 Å². The number of aryl methyl sites for hydroxylation is 1. The number of amides is 2. The largest absolute Gasteiger partial charge is 0.494 e. The summed E-state index contributed by atoms with van der Waals surface area (Å²) in [5.74, 6) is 2.14. The number of rotatable bonds is 1. The molecule has 0 radical (unpaired) electrons. The number of nitrogens with one attached hydrogen (secondary N) is 1. The summed E-state index contributed by atoms with van der Waals surface area (Å²) in [6, 6.07) is 27.2. The number of hydrogen-bond acceptors (Lipinski definition) is 7. The Kier molecular flexibility index (Phi) is 7.62. The summed E-state index contributed by atoms with van der Waals surface area (Å²) < 4.78 is 13.2. The number of benzene rings is 4. The molecular formula is C35H32N4O4S. The number of ether oxygens (including phenoxy) is 2. The van der Waals surface area contributed by atoms with Gasteiger partial charge in [-0.15, -0.1) is 0 Å². The monoisotopic (exact) mass is 604 g/mol. The van der Waals surface area contributed by atoms with E-state index < -0.39 is 0 Å². The van der Waals surface area contributed by atoms with Crippen molar-refractivity contribution >= 4 is 38.5 Å². The summed E-state index contributed by atoms with van der Waals surface area (Å²) in [7, 11) is 0. The number of nitrogens with zero attached hydrogens (tertiary/aromatic N) is 2. The highest BCUT2D eigenvalue weighted by atomic mass is 32.1. The average molecular weight is 605 g/mol. The van der Waals surface area contributed by atoms with Gasteiger partial charge in [0.15, 0.2) is 5.13 Å². The van der Waals surface area contributed by atoms with Crippen molar-refractivity contribution < 1.29 is 19.1 Å². The number of thiazole rings is 1. The molecule has 6 heterocycles. The van der Waals surface area contributed by atoms with Gasteiger partial charge in [-0.05, 0) is 90.0 Å². The minimum Gasteiger partial charge on any atom is -0.494 e.